The van der Waals surface area contributed by atoms with Crippen molar-refractivity contribution in [1.82, 2.24) is 10.2 Å². The predicted octanol–water partition coefficient (Wildman–Crippen LogP) is 4.66. The maximum absolute atomic E-state index is 12.9. The summed E-state index contributed by atoms with van der Waals surface area (Å²) in [5, 5.41) is 3.82. The summed E-state index contributed by atoms with van der Waals surface area (Å²) in [4.78, 5) is 15.0. The zero-order chi connectivity index (χ0) is 18.1. The van der Waals surface area contributed by atoms with Gasteiger partial charge in [0.1, 0.15) is 5.60 Å². The number of carbonyl (C=O) groups excluding carboxylic acids is 1. The highest BCUT2D eigenvalue weighted by atomic mass is 16.6. The molecule has 4 nitrogen and oxygen atoms in total. The van der Waals surface area contributed by atoms with E-state index < -0.39 is 5.60 Å². The van der Waals surface area contributed by atoms with Gasteiger partial charge in [-0.25, -0.2) is 4.79 Å². The Hall–Kier alpha value is -1.55. The molecule has 0 radical (unpaired) electrons. The molecule has 2 aliphatic heterocycles. The Morgan fingerprint density at radius 2 is 1.92 bits per heavy atom. The smallest absolute Gasteiger partial charge is 0.410 e. The fourth-order valence-electron chi connectivity index (χ4n) is 4.30. The number of hydrogen-bond donors (Lipinski definition) is 1. The molecule has 4 heteroatoms. The number of ether oxygens (including phenoxy) is 1. The lowest BCUT2D eigenvalue weighted by Gasteiger charge is -2.44. The van der Waals surface area contributed by atoms with E-state index in [2.05, 4.69) is 42.6 Å². The van der Waals surface area contributed by atoms with Crippen molar-refractivity contribution in [3.8, 4) is 0 Å². The number of carbonyl (C=O) groups is 1. The second kappa shape index (κ2) is 6.99. The maximum Gasteiger partial charge on any atom is 0.410 e. The lowest BCUT2D eigenvalue weighted by atomic mass is 9.84. The first-order chi connectivity index (χ1) is 11.8. The Kier molecular flexibility index (Phi) is 5.10. The molecule has 1 N–H and O–H groups in total. The van der Waals surface area contributed by atoms with Crippen LogP contribution in [0.2, 0.25) is 0 Å². The molecule has 0 spiro atoms. The van der Waals surface area contributed by atoms with Gasteiger partial charge in [-0.15, -0.1) is 0 Å². The number of nitrogens with one attached hydrogen (secondary N) is 1. The van der Waals surface area contributed by atoms with Crippen molar-refractivity contribution in [2.45, 2.75) is 83.0 Å². The van der Waals surface area contributed by atoms with E-state index in [0.717, 1.165) is 25.8 Å². The minimum atomic E-state index is -0.462. The summed E-state index contributed by atoms with van der Waals surface area (Å²) in [6.07, 6.45) is 5.32. The summed E-state index contributed by atoms with van der Waals surface area (Å²) in [7, 11) is 0. The molecule has 2 saturated heterocycles. The van der Waals surface area contributed by atoms with E-state index in [0.29, 0.717) is 12.1 Å². The van der Waals surface area contributed by atoms with Gasteiger partial charge in [0.15, 0.2) is 0 Å². The van der Waals surface area contributed by atoms with Crippen LogP contribution in [0.15, 0.2) is 30.3 Å². The molecule has 2 aliphatic rings. The highest BCUT2D eigenvalue weighted by molar-refractivity contribution is 5.69. The predicted molar refractivity (Wildman–Crippen MR) is 101 cm³/mol. The second-order valence-electron chi connectivity index (χ2n) is 8.73. The molecule has 3 atom stereocenters. The molecule has 1 aromatic carbocycles. The lowest BCUT2D eigenvalue weighted by molar-refractivity contribution is -0.00660. The highest BCUT2D eigenvalue weighted by Crippen LogP contribution is 2.42. The average molecular weight is 344 g/mol. The Balaban J connectivity index is 1.86. The van der Waals surface area contributed by atoms with Crippen LogP contribution in [0.3, 0.4) is 0 Å². The van der Waals surface area contributed by atoms with Gasteiger partial charge >= 0.3 is 6.09 Å². The fraction of sp³-hybridized carbons (Fsp3) is 0.667. The normalized spacial score (nSPS) is 30.3. The van der Waals surface area contributed by atoms with Gasteiger partial charge in [0.05, 0.1) is 5.54 Å². The third-order valence-corrected chi connectivity index (χ3v) is 5.58. The lowest BCUT2D eigenvalue weighted by Crippen LogP contribution is -2.58. The fourth-order valence-corrected chi connectivity index (χ4v) is 4.30. The molecule has 0 saturated carbocycles. The molecule has 25 heavy (non-hydrogen) atoms. The molecule has 0 aromatic heterocycles. The van der Waals surface area contributed by atoms with Crippen LogP contribution in [-0.2, 0) is 4.74 Å². The van der Waals surface area contributed by atoms with Gasteiger partial charge in [-0.2, -0.15) is 0 Å². The van der Waals surface area contributed by atoms with Crippen molar-refractivity contribution >= 4 is 6.09 Å². The van der Waals surface area contributed by atoms with Crippen molar-refractivity contribution in [2.24, 2.45) is 0 Å². The van der Waals surface area contributed by atoms with E-state index in [1.54, 1.807) is 0 Å². The number of hydrogen-bond acceptors (Lipinski definition) is 3. The number of benzene rings is 1. The Morgan fingerprint density at radius 3 is 2.60 bits per heavy atom. The van der Waals surface area contributed by atoms with Crippen molar-refractivity contribution < 1.29 is 9.53 Å². The van der Waals surface area contributed by atoms with Crippen molar-refractivity contribution in [1.29, 1.82) is 0 Å². The number of likely N-dealkylation sites (tertiary alicyclic amines) is 1. The van der Waals surface area contributed by atoms with Gasteiger partial charge in [0.2, 0.25) is 0 Å². The Labute approximate surface area is 151 Å². The van der Waals surface area contributed by atoms with Gasteiger partial charge in [-0.3, -0.25) is 0 Å². The van der Waals surface area contributed by atoms with Gasteiger partial charge in [0.25, 0.3) is 0 Å². The van der Waals surface area contributed by atoms with Gasteiger partial charge in [-0.1, -0.05) is 43.2 Å². The monoisotopic (exact) mass is 344 g/mol. The zero-order valence-electron chi connectivity index (χ0n) is 16.0. The molecule has 2 fully saturated rings. The van der Waals surface area contributed by atoms with Crippen LogP contribution >= 0.6 is 0 Å². The molecule has 0 unspecified atom stereocenters. The van der Waals surface area contributed by atoms with E-state index >= 15 is 0 Å². The number of amides is 1. The van der Waals surface area contributed by atoms with Crippen LogP contribution in [0.1, 0.15) is 71.4 Å². The molecule has 2 heterocycles. The highest BCUT2D eigenvalue weighted by Gasteiger charge is 2.50. The topological polar surface area (TPSA) is 41.6 Å². The molecule has 0 bridgehead atoms. The Bertz CT molecular complexity index is 596. The van der Waals surface area contributed by atoms with E-state index in [-0.39, 0.29) is 11.6 Å². The molecule has 3 rings (SSSR count). The zero-order valence-corrected chi connectivity index (χ0v) is 16.0. The molecule has 138 valence electrons. The van der Waals surface area contributed by atoms with Gasteiger partial charge in [-0.05, 0) is 52.5 Å². The largest absolute Gasteiger partial charge is 0.444 e. The SMILES string of the molecule is CC(C)(C)OC(=O)N1CCCCC[C@@H]2N[C@H](c3ccccc3)C[C@@]21C. The summed E-state index contributed by atoms with van der Waals surface area (Å²) in [6, 6.07) is 11.2. The third kappa shape index (κ3) is 4.00. The molecule has 1 aromatic rings. The minimum Gasteiger partial charge on any atom is -0.444 e. The first-order valence-electron chi connectivity index (χ1n) is 9.61. The second-order valence-corrected chi connectivity index (χ2v) is 8.73. The van der Waals surface area contributed by atoms with E-state index in [1.165, 1.54) is 18.4 Å². The van der Waals surface area contributed by atoms with Crippen molar-refractivity contribution in [2.75, 3.05) is 6.54 Å². The van der Waals surface area contributed by atoms with E-state index in [9.17, 15) is 4.79 Å². The third-order valence-electron chi connectivity index (χ3n) is 5.58. The Morgan fingerprint density at radius 1 is 1.20 bits per heavy atom. The number of nitrogens with zero attached hydrogens (tertiary/aromatic N) is 1. The average Bonchev–Trinajstić information content (AvgIpc) is 2.84. The maximum atomic E-state index is 12.9. The minimum absolute atomic E-state index is 0.169. The van der Waals surface area contributed by atoms with Crippen LogP contribution in [0.4, 0.5) is 4.79 Å². The number of fused-ring (bicyclic) bond motifs is 1. The van der Waals surface area contributed by atoms with E-state index in [1.807, 2.05) is 25.7 Å². The summed E-state index contributed by atoms with van der Waals surface area (Å²) < 4.78 is 5.75. The summed E-state index contributed by atoms with van der Waals surface area (Å²) >= 11 is 0. The molecular formula is C21H32N2O2. The van der Waals surface area contributed by atoms with Crippen LogP contribution in [0, 0.1) is 0 Å². The standard InChI is InChI=1S/C21H32N2O2/c1-20(2,3)25-19(24)23-14-10-6-9-13-18-21(23,4)15-17(22-18)16-11-7-5-8-12-16/h5,7-8,11-12,17-18,22H,6,9-10,13-15H2,1-4H3/t17-,18-,21-/m0/s1. The van der Waals surface area contributed by atoms with Crippen LogP contribution < -0.4 is 5.32 Å². The first-order valence-corrected chi connectivity index (χ1v) is 9.61. The number of rotatable bonds is 1. The molecule has 0 aliphatic carbocycles. The van der Waals surface area contributed by atoms with Gasteiger partial charge in [0, 0.05) is 18.6 Å². The first kappa shape index (κ1) is 18.2. The molecular weight excluding hydrogens is 312 g/mol. The van der Waals surface area contributed by atoms with Crippen LogP contribution in [0.5, 0.6) is 0 Å². The summed E-state index contributed by atoms with van der Waals surface area (Å²) in [5.41, 5.74) is 0.638. The summed E-state index contributed by atoms with van der Waals surface area (Å²) in [5.74, 6) is 0. The molecule has 1 amide bonds. The summed E-state index contributed by atoms with van der Waals surface area (Å²) in [6.45, 7) is 8.84. The van der Waals surface area contributed by atoms with Crippen LogP contribution in [0.25, 0.3) is 0 Å². The van der Waals surface area contributed by atoms with Gasteiger partial charge < -0.3 is 15.0 Å². The van der Waals surface area contributed by atoms with E-state index in [4.69, 9.17) is 4.74 Å². The van der Waals surface area contributed by atoms with Crippen LogP contribution in [-0.4, -0.2) is 34.7 Å². The van der Waals surface area contributed by atoms with Crippen molar-refractivity contribution in [3.63, 3.8) is 0 Å². The quantitative estimate of drug-likeness (QED) is 0.805. The van der Waals surface area contributed by atoms with Crippen molar-refractivity contribution in [3.05, 3.63) is 35.9 Å².